The number of aromatic nitrogens is 2. The number of halogens is 1. The maximum atomic E-state index is 13.0. The zero-order chi connectivity index (χ0) is 11.4. The van der Waals surface area contributed by atoms with Crippen molar-refractivity contribution in [3.8, 4) is 11.1 Å². The quantitative estimate of drug-likeness (QED) is 0.854. The first-order chi connectivity index (χ1) is 7.79. The molecule has 0 saturated heterocycles. The number of nitrogens with zero attached hydrogens (tertiary/aromatic N) is 2. The summed E-state index contributed by atoms with van der Waals surface area (Å²) in [7, 11) is 1.84. The van der Waals surface area contributed by atoms with E-state index >= 15 is 0 Å². The first kappa shape index (κ1) is 10.7. The van der Waals surface area contributed by atoms with Crippen LogP contribution in [-0.2, 0) is 6.54 Å². The highest BCUT2D eigenvalue weighted by atomic mass is 19.1. The lowest BCUT2D eigenvalue weighted by molar-refractivity contribution is 0.628. The lowest BCUT2D eigenvalue weighted by atomic mass is 10.1. The van der Waals surface area contributed by atoms with Gasteiger partial charge in [-0.25, -0.2) is 14.4 Å². The second-order valence-electron chi connectivity index (χ2n) is 3.43. The molecule has 0 atom stereocenters. The Morgan fingerprint density at radius 2 is 1.94 bits per heavy atom. The van der Waals surface area contributed by atoms with Crippen molar-refractivity contribution in [3.63, 3.8) is 0 Å². The molecule has 16 heavy (non-hydrogen) atoms. The Balaban J connectivity index is 2.27. The minimum Gasteiger partial charge on any atom is -0.313 e. The van der Waals surface area contributed by atoms with Crippen LogP contribution in [0.2, 0.25) is 0 Å². The van der Waals surface area contributed by atoms with Gasteiger partial charge in [0.1, 0.15) is 11.6 Å². The van der Waals surface area contributed by atoms with E-state index in [4.69, 9.17) is 0 Å². The van der Waals surface area contributed by atoms with Crippen molar-refractivity contribution in [1.82, 2.24) is 15.3 Å². The molecule has 1 heterocycles. The third kappa shape index (κ3) is 2.41. The highest BCUT2D eigenvalue weighted by Crippen LogP contribution is 2.17. The van der Waals surface area contributed by atoms with Crippen LogP contribution in [0.25, 0.3) is 11.1 Å². The fraction of sp³-hybridized carbons (Fsp3) is 0.167. The number of rotatable bonds is 3. The van der Waals surface area contributed by atoms with Gasteiger partial charge in [-0.3, -0.25) is 0 Å². The van der Waals surface area contributed by atoms with Crippen LogP contribution in [-0.4, -0.2) is 17.0 Å². The molecular formula is C12H12FN3. The van der Waals surface area contributed by atoms with Gasteiger partial charge in [-0.2, -0.15) is 0 Å². The molecule has 0 aliphatic heterocycles. The third-order valence-corrected chi connectivity index (χ3v) is 2.20. The molecule has 0 fully saturated rings. The summed E-state index contributed by atoms with van der Waals surface area (Å²) in [4.78, 5) is 8.36. The molecule has 1 N–H and O–H groups in total. The van der Waals surface area contributed by atoms with Crippen molar-refractivity contribution in [1.29, 1.82) is 0 Å². The fourth-order valence-electron chi connectivity index (χ4n) is 1.42. The molecule has 2 rings (SSSR count). The van der Waals surface area contributed by atoms with Crippen LogP contribution in [0.1, 0.15) is 5.82 Å². The van der Waals surface area contributed by atoms with E-state index in [0.29, 0.717) is 6.54 Å². The second kappa shape index (κ2) is 4.81. The van der Waals surface area contributed by atoms with Crippen molar-refractivity contribution in [2.24, 2.45) is 0 Å². The smallest absolute Gasteiger partial charge is 0.141 e. The Morgan fingerprint density at radius 3 is 2.56 bits per heavy atom. The zero-order valence-corrected chi connectivity index (χ0v) is 8.94. The summed E-state index contributed by atoms with van der Waals surface area (Å²) < 4.78 is 13.0. The summed E-state index contributed by atoms with van der Waals surface area (Å²) in [5.41, 5.74) is 1.61. The van der Waals surface area contributed by atoms with Crippen molar-refractivity contribution >= 4 is 0 Å². The van der Waals surface area contributed by atoms with Gasteiger partial charge in [0.25, 0.3) is 0 Å². The molecule has 2 aromatic rings. The molecule has 4 heteroatoms. The highest BCUT2D eigenvalue weighted by Gasteiger charge is 2.01. The van der Waals surface area contributed by atoms with Crippen LogP contribution in [0.5, 0.6) is 0 Å². The Kier molecular flexibility index (Phi) is 3.22. The molecule has 1 aromatic heterocycles. The van der Waals surface area contributed by atoms with Crippen LogP contribution in [0.15, 0.2) is 36.7 Å². The van der Waals surface area contributed by atoms with Crippen LogP contribution < -0.4 is 5.32 Å². The van der Waals surface area contributed by atoms with Gasteiger partial charge in [-0.15, -0.1) is 0 Å². The fourth-order valence-corrected chi connectivity index (χ4v) is 1.42. The molecule has 3 nitrogen and oxygen atoms in total. The Bertz CT molecular complexity index is 468. The number of hydrogen-bond acceptors (Lipinski definition) is 3. The van der Waals surface area contributed by atoms with Crippen molar-refractivity contribution in [2.45, 2.75) is 6.54 Å². The van der Waals surface area contributed by atoms with Gasteiger partial charge in [0.2, 0.25) is 0 Å². The number of benzene rings is 1. The monoisotopic (exact) mass is 217 g/mol. The molecule has 0 aliphatic carbocycles. The van der Waals surface area contributed by atoms with E-state index in [2.05, 4.69) is 15.3 Å². The Hall–Kier alpha value is -1.81. The molecule has 0 bridgehead atoms. The molecule has 0 spiro atoms. The molecule has 0 unspecified atom stereocenters. The van der Waals surface area contributed by atoms with Gasteiger partial charge in [0.05, 0.1) is 6.54 Å². The third-order valence-electron chi connectivity index (χ3n) is 2.20. The average molecular weight is 217 g/mol. The highest BCUT2D eigenvalue weighted by molar-refractivity contribution is 5.61. The van der Waals surface area contributed by atoms with E-state index in [0.717, 1.165) is 17.0 Å². The normalized spacial score (nSPS) is 10.4. The predicted octanol–water partition coefficient (Wildman–Crippen LogP) is 2.00. The van der Waals surface area contributed by atoms with E-state index in [9.17, 15) is 4.39 Å². The van der Waals surface area contributed by atoms with E-state index in [1.54, 1.807) is 18.5 Å². The topological polar surface area (TPSA) is 37.8 Å². The van der Waals surface area contributed by atoms with Gasteiger partial charge in [-0.1, -0.05) is 12.1 Å². The summed E-state index contributed by atoms with van der Waals surface area (Å²) in [5.74, 6) is 0.472. The first-order valence-corrected chi connectivity index (χ1v) is 5.01. The SMILES string of the molecule is CNCc1ncc(-c2cccc(F)c2)cn1. The van der Waals surface area contributed by atoms with Crippen molar-refractivity contribution in [3.05, 3.63) is 48.3 Å². The largest absolute Gasteiger partial charge is 0.313 e. The molecule has 1 aromatic carbocycles. The minimum atomic E-state index is -0.253. The van der Waals surface area contributed by atoms with E-state index in [1.165, 1.54) is 12.1 Å². The van der Waals surface area contributed by atoms with E-state index < -0.39 is 0 Å². The first-order valence-electron chi connectivity index (χ1n) is 5.01. The molecule has 0 amide bonds. The molecule has 0 saturated carbocycles. The van der Waals surface area contributed by atoms with Gasteiger partial charge in [-0.05, 0) is 24.7 Å². The van der Waals surface area contributed by atoms with Crippen LogP contribution in [0, 0.1) is 5.82 Å². The predicted molar refractivity (Wildman–Crippen MR) is 60.2 cm³/mol. The molecule has 0 aliphatic rings. The van der Waals surface area contributed by atoms with Gasteiger partial charge < -0.3 is 5.32 Å². The van der Waals surface area contributed by atoms with Crippen LogP contribution >= 0.6 is 0 Å². The lowest BCUT2D eigenvalue weighted by Crippen LogP contribution is -2.08. The van der Waals surface area contributed by atoms with Crippen molar-refractivity contribution in [2.75, 3.05) is 7.05 Å². The van der Waals surface area contributed by atoms with Gasteiger partial charge in [0, 0.05) is 18.0 Å². The molecule has 0 radical (unpaired) electrons. The second-order valence-corrected chi connectivity index (χ2v) is 3.43. The maximum absolute atomic E-state index is 13.0. The summed E-state index contributed by atoms with van der Waals surface area (Å²) in [5, 5.41) is 2.97. The van der Waals surface area contributed by atoms with Crippen LogP contribution in [0.3, 0.4) is 0 Å². The van der Waals surface area contributed by atoms with Gasteiger partial charge >= 0.3 is 0 Å². The number of nitrogens with one attached hydrogen (secondary N) is 1. The zero-order valence-electron chi connectivity index (χ0n) is 8.94. The van der Waals surface area contributed by atoms with Gasteiger partial charge in [0.15, 0.2) is 0 Å². The number of hydrogen-bond donors (Lipinski definition) is 1. The Labute approximate surface area is 93.4 Å². The van der Waals surface area contributed by atoms with E-state index in [-0.39, 0.29) is 5.82 Å². The average Bonchev–Trinajstić information content (AvgIpc) is 2.30. The van der Waals surface area contributed by atoms with Crippen LogP contribution in [0.4, 0.5) is 4.39 Å². The summed E-state index contributed by atoms with van der Waals surface area (Å²) in [6.45, 7) is 0.628. The molecular weight excluding hydrogens is 205 g/mol. The van der Waals surface area contributed by atoms with Crippen molar-refractivity contribution < 1.29 is 4.39 Å². The van der Waals surface area contributed by atoms with E-state index in [1.807, 2.05) is 13.1 Å². The standard InChI is InChI=1S/C12H12FN3/c1-14-8-12-15-6-10(7-16-12)9-3-2-4-11(13)5-9/h2-7,14H,8H2,1H3. The Morgan fingerprint density at radius 1 is 1.19 bits per heavy atom. The summed E-state index contributed by atoms with van der Waals surface area (Å²) in [6, 6.07) is 6.39. The molecule has 82 valence electrons. The maximum Gasteiger partial charge on any atom is 0.141 e. The summed E-state index contributed by atoms with van der Waals surface area (Å²) in [6.07, 6.45) is 3.41. The minimum absolute atomic E-state index is 0.253. The lowest BCUT2D eigenvalue weighted by Gasteiger charge is -2.02. The summed E-state index contributed by atoms with van der Waals surface area (Å²) >= 11 is 0.